The Morgan fingerprint density at radius 2 is 2.11 bits per heavy atom. The molecule has 0 aromatic heterocycles. The highest BCUT2D eigenvalue weighted by Gasteiger charge is 2.31. The number of likely N-dealkylation sites (tertiary alicyclic amines) is 1. The zero-order valence-corrected chi connectivity index (χ0v) is 11.0. The molecule has 1 aliphatic heterocycles. The fourth-order valence-electron chi connectivity index (χ4n) is 2.32. The van der Waals surface area contributed by atoms with E-state index in [1.807, 2.05) is 4.90 Å². The van der Waals surface area contributed by atoms with Gasteiger partial charge in [0.1, 0.15) is 0 Å². The first kappa shape index (κ1) is 14.6. The molecule has 2 rings (SSSR count). The summed E-state index contributed by atoms with van der Waals surface area (Å²) in [6.07, 6.45) is -3.48. The summed E-state index contributed by atoms with van der Waals surface area (Å²) in [7, 11) is 0. The van der Waals surface area contributed by atoms with Crippen molar-refractivity contribution in [3.63, 3.8) is 0 Å². The molecule has 1 aromatic carbocycles. The molecule has 0 saturated carbocycles. The molecule has 0 radical (unpaired) electrons. The average Bonchev–Trinajstić information content (AvgIpc) is 2.78. The lowest BCUT2D eigenvalue weighted by atomic mass is 10.1. The van der Waals surface area contributed by atoms with E-state index in [1.165, 1.54) is 6.07 Å². The maximum atomic E-state index is 12.6. The predicted molar refractivity (Wildman–Crippen MR) is 66.9 cm³/mol. The third-order valence-corrected chi connectivity index (χ3v) is 3.76. The van der Waals surface area contributed by atoms with Crippen molar-refractivity contribution in [1.82, 2.24) is 4.90 Å². The van der Waals surface area contributed by atoms with Crippen LogP contribution in [0, 0.1) is 5.92 Å². The quantitative estimate of drug-likeness (QED) is 0.925. The van der Waals surface area contributed by atoms with Crippen molar-refractivity contribution >= 4 is 11.6 Å². The number of hydrogen-bond donors (Lipinski definition) is 1. The van der Waals surface area contributed by atoms with E-state index < -0.39 is 11.7 Å². The van der Waals surface area contributed by atoms with Gasteiger partial charge in [-0.1, -0.05) is 11.6 Å². The van der Waals surface area contributed by atoms with Gasteiger partial charge in [-0.3, -0.25) is 4.90 Å². The summed E-state index contributed by atoms with van der Waals surface area (Å²) in [6, 6.07) is 3.39. The van der Waals surface area contributed by atoms with Gasteiger partial charge in [0.2, 0.25) is 0 Å². The molecule has 0 aliphatic carbocycles. The molecule has 1 aliphatic rings. The Balaban J connectivity index is 2.12. The smallest absolute Gasteiger partial charge is 0.396 e. The molecule has 0 amide bonds. The van der Waals surface area contributed by atoms with Gasteiger partial charge in [-0.05, 0) is 42.6 Å². The second-order valence-electron chi connectivity index (χ2n) is 4.88. The monoisotopic (exact) mass is 293 g/mol. The third-order valence-electron chi connectivity index (χ3n) is 3.40. The van der Waals surface area contributed by atoms with Crippen molar-refractivity contribution in [1.29, 1.82) is 0 Å². The van der Waals surface area contributed by atoms with Crippen LogP contribution in [0.5, 0.6) is 0 Å². The first-order valence-corrected chi connectivity index (χ1v) is 6.47. The van der Waals surface area contributed by atoms with Crippen LogP contribution in [0.2, 0.25) is 5.02 Å². The van der Waals surface area contributed by atoms with Crippen molar-refractivity contribution in [2.45, 2.75) is 19.1 Å². The molecule has 1 N–H and O–H groups in total. The van der Waals surface area contributed by atoms with Crippen LogP contribution in [0.3, 0.4) is 0 Å². The minimum Gasteiger partial charge on any atom is -0.396 e. The summed E-state index contributed by atoms with van der Waals surface area (Å²) >= 11 is 5.95. The second kappa shape index (κ2) is 5.69. The first-order chi connectivity index (χ1) is 8.90. The summed E-state index contributed by atoms with van der Waals surface area (Å²) < 4.78 is 37.9. The number of aliphatic hydroxyl groups is 1. The largest absolute Gasteiger partial charge is 0.416 e. The van der Waals surface area contributed by atoms with Gasteiger partial charge < -0.3 is 5.11 Å². The molecular formula is C13H15ClF3NO. The lowest BCUT2D eigenvalue weighted by Gasteiger charge is -2.17. The van der Waals surface area contributed by atoms with E-state index in [4.69, 9.17) is 16.7 Å². The minimum atomic E-state index is -4.35. The molecule has 0 spiro atoms. The summed E-state index contributed by atoms with van der Waals surface area (Å²) in [5.74, 6) is 0.213. The molecule has 2 nitrogen and oxygen atoms in total. The highest BCUT2D eigenvalue weighted by atomic mass is 35.5. The van der Waals surface area contributed by atoms with Crippen molar-refractivity contribution in [3.8, 4) is 0 Å². The molecule has 1 atom stereocenters. The Morgan fingerprint density at radius 3 is 2.68 bits per heavy atom. The fourth-order valence-corrected chi connectivity index (χ4v) is 2.50. The zero-order valence-electron chi connectivity index (χ0n) is 10.3. The van der Waals surface area contributed by atoms with Gasteiger partial charge in [-0.25, -0.2) is 0 Å². The molecule has 1 aromatic rings. The van der Waals surface area contributed by atoms with E-state index in [-0.39, 0.29) is 12.5 Å². The van der Waals surface area contributed by atoms with Crippen LogP contribution in [0.4, 0.5) is 13.2 Å². The standard InChI is InChI=1S/C13H15ClF3NO/c14-12-2-1-11(13(15,16)17)5-10(12)7-18-4-3-9(6-18)8-19/h1-2,5,9,19H,3-4,6-8H2. The molecule has 106 valence electrons. The van der Waals surface area contributed by atoms with Gasteiger partial charge in [0.25, 0.3) is 0 Å². The highest BCUT2D eigenvalue weighted by Crippen LogP contribution is 2.32. The molecule has 1 fully saturated rings. The Labute approximate surface area is 114 Å². The van der Waals surface area contributed by atoms with E-state index in [9.17, 15) is 13.2 Å². The molecule has 19 heavy (non-hydrogen) atoms. The normalized spacial score (nSPS) is 21.0. The Morgan fingerprint density at radius 1 is 1.37 bits per heavy atom. The van der Waals surface area contributed by atoms with E-state index in [0.717, 1.165) is 25.1 Å². The van der Waals surface area contributed by atoms with Crippen molar-refractivity contribution in [3.05, 3.63) is 34.3 Å². The number of halogens is 4. The van der Waals surface area contributed by atoms with Crippen LogP contribution >= 0.6 is 11.6 Å². The van der Waals surface area contributed by atoms with Gasteiger partial charge in [0.05, 0.1) is 5.56 Å². The summed E-state index contributed by atoms with van der Waals surface area (Å²) in [6.45, 7) is 1.98. The molecule has 1 unspecified atom stereocenters. The van der Waals surface area contributed by atoms with Crippen LogP contribution < -0.4 is 0 Å². The maximum absolute atomic E-state index is 12.6. The van der Waals surface area contributed by atoms with Crippen LogP contribution in [-0.4, -0.2) is 29.7 Å². The van der Waals surface area contributed by atoms with Crippen molar-refractivity contribution in [2.24, 2.45) is 5.92 Å². The molecule has 0 bridgehead atoms. The van der Waals surface area contributed by atoms with E-state index in [2.05, 4.69) is 0 Å². The van der Waals surface area contributed by atoms with Gasteiger partial charge in [-0.2, -0.15) is 13.2 Å². The average molecular weight is 294 g/mol. The zero-order chi connectivity index (χ0) is 14.0. The Hall–Kier alpha value is -0.780. The number of alkyl halides is 3. The lowest BCUT2D eigenvalue weighted by molar-refractivity contribution is -0.137. The minimum absolute atomic E-state index is 0.118. The SMILES string of the molecule is OCC1CCN(Cc2cc(C(F)(F)F)ccc2Cl)C1. The summed E-state index contributed by atoms with van der Waals surface area (Å²) in [4.78, 5) is 2.02. The highest BCUT2D eigenvalue weighted by molar-refractivity contribution is 6.31. The van der Waals surface area contributed by atoms with Gasteiger partial charge in [-0.15, -0.1) is 0 Å². The van der Waals surface area contributed by atoms with Crippen LogP contribution in [-0.2, 0) is 12.7 Å². The van der Waals surface area contributed by atoms with Gasteiger partial charge >= 0.3 is 6.18 Å². The second-order valence-corrected chi connectivity index (χ2v) is 5.28. The Kier molecular flexibility index (Phi) is 4.38. The van der Waals surface area contributed by atoms with E-state index in [1.54, 1.807) is 0 Å². The molecule has 1 heterocycles. The number of rotatable bonds is 3. The number of nitrogens with zero attached hydrogens (tertiary/aromatic N) is 1. The van der Waals surface area contributed by atoms with Crippen LogP contribution in [0.15, 0.2) is 18.2 Å². The summed E-state index contributed by atoms with van der Waals surface area (Å²) in [5.41, 5.74) is -0.195. The van der Waals surface area contributed by atoms with Crippen molar-refractivity contribution in [2.75, 3.05) is 19.7 Å². The topological polar surface area (TPSA) is 23.5 Å². The lowest BCUT2D eigenvalue weighted by Crippen LogP contribution is -2.21. The summed E-state index contributed by atoms with van der Waals surface area (Å²) in [5, 5.41) is 9.40. The fraction of sp³-hybridized carbons (Fsp3) is 0.538. The first-order valence-electron chi connectivity index (χ1n) is 6.09. The van der Waals surface area contributed by atoms with Crippen molar-refractivity contribution < 1.29 is 18.3 Å². The molecule has 1 saturated heterocycles. The third kappa shape index (κ3) is 3.61. The van der Waals surface area contributed by atoms with Crippen LogP contribution in [0.25, 0.3) is 0 Å². The number of hydrogen-bond acceptors (Lipinski definition) is 2. The predicted octanol–water partition coefficient (Wildman–Crippen LogP) is 3.17. The van der Waals surface area contributed by atoms with E-state index in [0.29, 0.717) is 23.7 Å². The van der Waals surface area contributed by atoms with Gasteiger partial charge in [0, 0.05) is 24.7 Å². The number of aliphatic hydroxyl groups excluding tert-OH is 1. The molecule has 6 heteroatoms. The van der Waals surface area contributed by atoms with E-state index >= 15 is 0 Å². The van der Waals surface area contributed by atoms with Gasteiger partial charge in [0.15, 0.2) is 0 Å². The molecular weight excluding hydrogens is 279 g/mol. The number of benzene rings is 1. The van der Waals surface area contributed by atoms with Crippen LogP contribution in [0.1, 0.15) is 17.5 Å². The Bertz CT molecular complexity index is 450. The maximum Gasteiger partial charge on any atom is 0.416 e.